The van der Waals surface area contributed by atoms with E-state index >= 15 is 0 Å². The fraction of sp³-hybridized carbons (Fsp3) is 0.333. The normalized spacial score (nSPS) is 18.0. The molecule has 1 aliphatic heterocycles. The minimum absolute atomic E-state index is 0.0929. The molecule has 1 unspecified atom stereocenters. The summed E-state index contributed by atoms with van der Waals surface area (Å²) in [6.45, 7) is 6.57. The van der Waals surface area contributed by atoms with Crippen molar-refractivity contribution < 1.29 is 24.2 Å². The predicted molar refractivity (Wildman–Crippen MR) is 115 cm³/mol. The fourth-order valence-corrected chi connectivity index (χ4v) is 3.81. The average molecular weight is 409 g/mol. The molecule has 0 bridgehead atoms. The van der Waals surface area contributed by atoms with Crippen LogP contribution in [-0.2, 0) is 9.59 Å². The number of hydrogen-bond acceptors (Lipinski definition) is 5. The highest BCUT2D eigenvalue weighted by molar-refractivity contribution is 6.46. The predicted octanol–water partition coefficient (Wildman–Crippen LogP) is 4.23. The van der Waals surface area contributed by atoms with Crippen molar-refractivity contribution in [3.63, 3.8) is 0 Å². The lowest BCUT2D eigenvalue weighted by Gasteiger charge is -2.25. The Labute approximate surface area is 176 Å². The second-order valence-corrected chi connectivity index (χ2v) is 7.18. The number of ketones is 1. The highest BCUT2D eigenvalue weighted by atomic mass is 16.5. The maximum Gasteiger partial charge on any atom is 0.295 e. The number of amides is 1. The van der Waals surface area contributed by atoms with E-state index < -0.39 is 17.7 Å². The first-order chi connectivity index (χ1) is 14.4. The van der Waals surface area contributed by atoms with Crippen LogP contribution in [0.4, 0.5) is 0 Å². The van der Waals surface area contributed by atoms with E-state index in [0.29, 0.717) is 36.6 Å². The molecule has 1 fully saturated rings. The zero-order valence-electron chi connectivity index (χ0n) is 17.8. The maximum atomic E-state index is 13.0. The van der Waals surface area contributed by atoms with Crippen LogP contribution in [-0.4, -0.2) is 42.0 Å². The molecular weight excluding hydrogens is 382 g/mol. The minimum Gasteiger partial charge on any atom is -0.507 e. The van der Waals surface area contributed by atoms with E-state index in [2.05, 4.69) is 0 Å². The van der Waals surface area contributed by atoms with Crippen molar-refractivity contribution in [1.29, 1.82) is 0 Å². The minimum atomic E-state index is -0.678. The monoisotopic (exact) mass is 409 g/mol. The van der Waals surface area contributed by atoms with E-state index in [9.17, 15) is 14.7 Å². The van der Waals surface area contributed by atoms with E-state index in [1.807, 2.05) is 45.0 Å². The lowest BCUT2D eigenvalue weighted by atomic mass is 9.93. The summed E-state index contributed by atoms with van der Waals surface area (Å²) < 4.78 is 10.8. The molecule has 0 spiro atoms. The molecule has 2 aromatic carbocycles. The van der Waals surface area contributed by atoms with Gasteiger partial charge in [0.05, 0.1) is 25.3 Å². The van der Waals surface area contributed by atoms with Gasteiger partial charge in [-0.3, -0.25) is 9.59 Å². The van der Waals surface area contributed by atoms with Crippen molar-refractivity contribution in [2.45, 2.75) is 33.2 Å². The Morgan fingerprint density at radius 3 is 2.50 bits per heavy atom. The topological polar surface area (TPSA) is 76.1 Å². The third-order valence-corrected chi connectivity index (χ3v) is 5.18. The number of ether oxygens (including phenoxy) is 2. The summed E-state index contributed by atoms with van der Waals surface area (Å²) >= 11 is 0. The SMILES string of the molecule is CCCN1C(=O)C(=O)/C(=C(/O)c2ccc(OC)cc2C)C1c1cccc(OCC)c1. The molecule has 2 aromatic rings. The van der Waals surface area contributed by atoms with Crippen molar-refractivity contribution in [3.05, 3.63) is 64.7 Å². The average Bonchev–Trinajstić information content (AvgIpc) is 2.99. The van der Waals surface area contributed by atoms with Gasteiger partial charge in [-0.25, -0.2) is 0 Å². The summed E-state index contributed by atoms with van der Waals surface area (Å²) in [5.74, 6) is -0.160. The van der Waals surface area contributed by atoms with Crippen LogP contribution in [0.2, 0.25) is 0 Å². The second-order valence-electron chi connectivity index (χ2n) is 7.18. The number of aryl methyl sites for hydroxylation is 1. The van der Waals surface area contributed by atoms with E-state index in [4.69, 9.17) is 9.47 Å². The standard InChI is InChI=1S/C24H27NO5/c1-5-12-25-21(16-8-7-9-18(14-16)30-6-2)20(23(27)24(25)28)22(26)19-11-10-17(29-4)13-15(19)3/h7-11,13-14,21,26H,5-6,12H2,1-4H3/b22-20+. The number of carbonyl (C=O) groups excluding carboxylic acids is 2. The highest BCUT2D eigenvalue weighted by Gasteiger charge is 2.45. The molecule has 1 atom stereocenters. The van der Waals surface area contributed by atoms with Crippen LogP contribution < -0.4 is 9.47 Å². The number of aliphatic hydroxyl groups excluding tert-OH is 1. The number of nitrogens with zero attached hydrogens (tertiary/aromatic N) is 1. The molecule has 1 heterocycles. The number of rotatable bonds is 7. The maximum absolute atomic E-state index is 13.0. The summed E-state index contributed by atoms with van der Waals surface area (Å²) in [6, 6.07) is 11.8. The van der Waals surface area contributed by atoms with Gasteiger partial charge in [-0.05, 0) is 61.7 Å². The van der Waals surface area contributed by atoms with E-state index in [1.165, 1.54) is 4.90 Å². The number of hydrogen-bond donors (Lipinski definition) is 1. The van der Waals surface area contributed by atoms with Crippen molar-refractivity contribution in [1.82, 2.24) is 4.90 Å². The van der Waals surface area contributed by atoms with Crippen LogP contribution >= 0.6 is 0 Å². The zero-order chi connectivity index (χ0) is 21.8. The van der Waals surface area contributed by atoms with Crippen molar-refractivity contribution in [3.8, 4) is 11.5 Å². The smallest absolute Gasteiger partial charge is 0.295 e. The molecule has 1 saturated heterocycles. The van der Waals surface area contributed by atoms with Gasteiger partial charge in [0.1, 0.15) is 17.3 Å². The number of benzene rings is 2. The molecule has 0 aromatic heterocycles. The van der Waals surface area contributed by atoms with E-state index in [-0.39, 0.29) is 11.3 Å². The first-order valence-corrected chi connectivity index (χ1v) is 10.1. The Balaban J connectivity index is 2.19. The van der Waals surface area contributed by atoms with Crippen molar-refractivity contribution >= 4 is 17.4 Å². The molecule has 0 radical (unpaired) electrons. The van der Waals surface area contributed by atoms with Crippen molar-refractivity contribution in [2.75, 3.05) is 20.3 Å². The lowest BCUT2D eigenvalue weighted by Crippen LogP contribution is -2.30. The van der Waals surface area contributed by atoms with E-state index in [1.54, 1.807) is 25.3 Å². The summed E-state index contributed by atoms with van der Waals surface area (Å²) in [5.41, 5.74) is 2.06. The van der Waals surface area contributed by atoms with Crippen LogP contribution in [0.1, 0.15) is 43.0 Å². The van der Waals surface area contributed by atoms with E-state index in [0.717, 1.165) is 11.1 Å². The van der Waals surface area contributed by atoms with Gasteiger partial charge < -0.3 is 19.5 Å². The van der Waals surface area contributed by atoms with Crippen LogP contribution in [0.3, 0.4) is 0 Å². The molecule has 30 heavy (non-hydrogen) atoms. The molecule has 0 aliphatic carbocycles. The molecule has 6 nitrogen and oxygen atoms in total. The summed E-state index contributed by atoms with van der Waals surface area (Å²) in [7, 11) is 1.57. The van der Waals surface area contributed by atoms with Gasteiger partial charge in [0, 0.05) is 12.1 Å². The molecule has 6 heteroatoms. The lowest BCUT2D eigenvalue weighted by molar-refractivity contribution is -0.139. The van der Waals surface area contributed by atoms with Crippen LogP contribution in [0.5, 0.6) is 11.5 Å². The molecule has 3 rings (SSSR count). The third kappa shape index (κ3) is 3.90. The number of carbonyl (C=O) groups is 2. The van der Waals surface area contributed by atoms with Gasteiger partial charge >= 0.3 is 0 Å². The Kier molecular flexibility index (Phi) is 6.45. The van der Waals surface area contributed by atoms with Gasteiger partial charge in [-0.15, -0.1) is 0 Å². The summed E-state index contributed by atoms with van der Waals surface area (Å²) in [4.78, 5) is 27.3. The molecular formula is C24H27NO5. The van der Waals surface area contributed by atoms with Gasteiger partial charge in [0.25, 0.3) is 11.7 Å². The molecule has 0 saturated carbocycles. The van der Waals surface area contributed by atoms with Gasteiger partial charge in [-0.1, -0.05) is 19.1 Å². The number of aliphatic hydroxyl groups is 1. The Morgan fingerprint density at radius 2 is 1.87 bits per heavy atom. The van der Waals surface area contributed by atoms with Crippen molar-refractivity contribution in [2.24, 2.45) is 0 Å². The zero-order valence-corrected chi connectivity index (χ0v) is 17.8. The van der Waals surface area contributed by atoms with Gasteiger partial charge in [0.15, 0.2) is 0 Å². The Bertz CT molecular complexity index is 995. The Morgan fingerprint density at radius 1 is 1.10 bits per heavy atom. The Hall–Kier alpha value is -3.28. The number of Topliss-reactive ketones (excluding diaryl/α,β-unsaturated/α-hetero) is 1. The third-order valence-electron chi connectivity index (χ3n) is 5.18. The van der Waals surface area contributed by atoms with Gasteiger partial charge in [-0.2, -0.15) is 0 Å². The summed E-state index contributed by atoms with van der Waals surface area (Å²) in [6.07, 6.45) is 0.691. The quantitative estimate of drug-likeness (QED) is 0.421. The molecule has 1 aliphatic rings. The molecule has 1 amide bonds. The largest absolute Gasteiger partial charge is 0.507 e. The molecule has 1 N–H and O–H groups in total. The van der Waals surface area contributed by atoms with Crippen LogP contribution in [0.25, 0.3) is 5.76 Å². The van der Waals surface area contributed by atoms with Crippen LogP contribution in [0, 0.1) is 6.92 Å². The summed E-state index contributed by atoms with van der Waals surface area (Å²) in [5, 5.41) is 11.2. The fourth-order valence-electron chi connectivity index (χ4n) is 3.81. The number of methoxy groups -OCH3 is 1. The first-order valence-electron chi connectivity index (χ1n) is 10.1. The highest BCUT2D eigenvalue weighted by Crippen LogP contribution is 2.41. The van der Waals surface area contributed by atoms with Gasteiger partial charge in [0.2, 0.25) is 0 Å². The van der Waals surface area contributed by atoms with Crippen LogP contribution in [0.15, 0.2) is 48.0 Å². The molecule has 158 valence electrons. The first kappa shape index (κ1) is 21.4. The number of likely N-dealkylation sites (tertiary alicyclic amines) is 1. The second kappa shape index (κ2) is 9.03.